The third-order valence-corrected chi connectivity index (χ3v) is 5.80. The van der Waals surface area contributed by atoms with E-state index in [1.165, 1.54) is 12.8 Å². The van der Waals surface area contributed by atoms with E-state index in [0.29, 0.717) is 0 Å². The molecule has 1 atom stereocenters. The zero-order chi connectivity index (χ0) is 14.6. The molecule has 0 spiro atoms. The largest absolute Gasteiger partial charge is 0.388 e. The molecule has 1 saturated carbocycles. The predicted octanol–water partition coefficient (Wildman–Crippen LogP) is 3.33. The van der Waals surface area contributed by atoms with E-state index in [2.05, 4.69) is 24.9 Å². The zero-order valence-electron chi connectivity index (χ0n) is 13.2. The Morgan fingerprint density at radius 3 is 2.50 bits per heavy atom. The van der Waals surface area contributed by atoms with Gasteiger partial charge in [-0.2, -0.15) is 5.26 Å². The number of likely N-dealkylation sites (tertiary alicyclic amines) is 1. The molecule has 1 aliphatic heterocycles. The summed E-state index contributed by atoms with van der Waals surface area (Å²) in [4.78, 5) is 2.28. The van der Waals surface area contributed by atoms with Crippen molar-refractivity contribution in [3.8, 4) is 6.07 Å². The van der Waals surface area contributed by atoms with Crippen LogP contribution in [0.1, 0.15) is 64.7 Å². The fourth-order valence-electron chi connectivity index (χ4n) is 4.28. The number of hydrogen-bond acceptors (Lipinski definition) is 3. The molecule has 3 heteroatoms. The number of aliphatic hydroxyl groups is 1. The van der Waals surface area contributed by atoms with E-state index in [0.717, 1.165) is 64.0 Å². The number of nitrogens with zero attached hydrogens (tertiary/aromatic N) is 2. The minimum atomic E-state index is -0.760. The quantitative estimate of drug-likeness (QED) is 0.861. The smallest absolute Gasteiger partial charge is 0.0861 e. The highest BCUT2D eigenvalue weighted by Gasteiger charge is 2.52. The first kappa shape index (κ1) is 15.8. The fraction of sp³-hybridized carbons (Fsp3) is 0.941. The van der Waals surface area contributed by atoms with Crippen molar-refractivity contribution in [3.05, 3.63) is 0 Å². The van der Waals surface area contributed by atoms with Crippen molar-refractivity contribution < 1.29 is 5.11 Å². The molecule has 20 heavy (non-hydrogen) atoms. The summed E-state index contributed by atoms with van der Waals surface area (Å²) in [5, 5.41) is 21.0. The lowest BCUT2D eigenvalue weighted by Gasteiger charge is -2.46. The molecule has 2 fully saturated rings. The Balaban J connectivity index is 2.09. The first-order valence-corrected chi connectivity index (χ1v) is 8.37. The van der Waals surface area contributed by atoms with Crippen LogP contribution >= 0.6 is 0 Å². The summed E-state index contributed by atoms with van der Waals surface area (Å²) in [5.74, 6) is 0.776. The molecule has 114 valence electrons. The standard InChI is InChI=1S/C17H30N2O/c1-3-5-15-6-9-16(14-18,10-7-15)17(20)8-4-12-19(2)13-11-17/h15,20H,3-13H2,1-2H3. The van der Waals surface area contributed by atoms with Gasteiger partial charge in [0.1, 0.15) is 0 Å². The van der Waals surface area contributed by atoms with Crippen LogP contribution in [0.25, 0.3) is 0 Å². The van der Waals surface area contributed by atoms with Crippen LogP contribution < -0.4 is 0 Å². The predicted molar refractivity (Wildman–Crippen MR) is 81.2 cm³/mol. The molecule has 0 amide bonds. The van der Waals surface area contributed by atoms with Crippen molar-refractivity contribution in [2.75, 3.05) is 20.1 Å². The summed E-state index contributed by atoms with van der Waals surface area (Å²) in [6.45, 7) is 4.20. The zero-order valence-corrected chi connectivity index (χ0v) is 13.2. The second-order valence-electron chi connectivity index (χ2n) is 7.11. The summed E-state index contributed by atoms with van der Waals surface area (Å²) in [6.07, 6.45) is 9.12. The summed E-state index contributed by atoms with van der Waals surface area (Å²) in [5.41, 5.74) is -1.24. The van der Waals surface area contributed by atoms with Crippen LogP contribution in [0.3, 0.4) is 0 Å². The van der Waals surface area contributed by atoms with Gasteiger partial charge >= 0.3 is 0 Å². The average molecular weight is 278 g/mol. The van der Waals surface area contributed by atoms with Crippen molar-refractivity contribution in [2.24, 2.45) is 11.3 Å². The number of nitriles is 1. The van der Waals surface area contributed by atoms with Crippen LogP contribution in [0, 0.1) is 22.7 Å². The molecular weight excluding hydrogens is 248 g/mol. The van der Waals surface area contributed by atoms with Crippen LogP contribution in [-0.4, -0.2) is 35.7 Å². The average Bonchev–Trinajstić information content (AvgIpc) is 2.63. The van der Waals surface area contributed by atoms with E-state index in [1.807, 2.05) is 0 Å². The van der Waals surface area contributed by atoms with Crippen LogP contribution in [-0.2, 0) is 0 Å². The highest BCUT2D eigenvalue weighted by molar-refractivity contribution is 5.13. The number of hydrogen-bond donors (Lipinski definition) is 1. The van der Waals surface area contributed by atoms with Crippen molar-refractivity contribution >= 4 is 0 Å². The van der Waals surface area contributed by atoms with Crippen LogP contribution in [0.2, 0.25) is 0 Å². The van der Waals surface area contributed by atoms with Crippen LogP contribution in [0.15, 0.2) is 0 Å². The second-order valence-corrected chi connectivity index (χ2v) is 7.11. The first-order chi connectivity index (χ1) is 9.55. The molecule has 1 unspecified atom stereocenters. The lowest BCUT2D eigenvalue weighted by molar-refractivity contribution is -0.0877. The first-order valence-electron chi connectivity index (χ1n) is 8.37. The van der Waals surface area contributed by atoms with Gasteiger partial charge in [0.25, 0.3) is 0 Å². The van der Waals surface area contributed by atoms with Gasteiger partial charge in [-0.05, 0) is 64.5 Å². The summed E-state index contributed by atoms with van der Waals surface area (Å²) in [6, 6.07) is 2.56. The molecule has 1 heterocycles. The van der Waals surface area contributed by atoms with Gasteiger partial charge in [-0.15, -0.1) is 0 Å². The highest BCUT2D eigenvalue weighted by atomic mass is 16.3. The van der Waals surface area contributed by atoms with Crippen molar-refractivity contribution in [1.82, 2.24) is 4.90 Å². The summed E-state index contributed by atoms with van der Waals surface area (Å²) < 4.78 is 0. The monoisotopic (exact) mass is 278 g/mol. The van der Waals surface area contributed by atoms with E-state index < -0.39 is 11.0 Å². The molecule has 0 bridgehead atoms. The van der Waals surface area contributed by atoms with Gasteiger partial charge in [0.15, 0.2) is 0 Å². The molecule has 2 aliphatic rings. The molecule has 0 aromatic rings. The minimum Gasteiger partial charge on any atom is -0.388 e. The Morgan fingerprint density at radius 2 is 1.90 bits per heavy atom. The van der Waals surface area contributed by atoms with E-state index in [4.69, 9.17) is 0 Å². The van der Waals surface area contributed by atoms with Gasteiger partial charge < -0.3 is 10.0 Å². The van der Waals surface area contributed by atoms with Gasteiger partial charge in [-0.25, -0.2) is 0 Å². The molecular formula is C17H30N2O. The SMILES string of the molecule is CCCC1CCC(C#N)(C2(O)CCCN(C)CC2)CC1. The molecule has 3 nitrogen and oxygen atoms in total. The summed E-state index contributed by atoms with van der Waals surface area (Å²) >= 11 is 0. The lowest BCUT2D eigenvalue weighted by Crippen LogP contribution is -2.50. The van der Waals surface area contributed by atoms with Crippen molar-refractivity contribution in [3.63, 3.8) is 0 Å². The third-order valence-electron chi connectivity index (χ3n) is 5.80. The molecule has 0 aromatic carbocycles. The number of rotatable bonds is 3. The van der Waals surface area contributed by atoms with Gasteiger partial charge in [0.05, 0.1) is 17.1 Å². The van der Waals surface area contributed by atoms with Crippen molar-refractivity contribution in [1.29, 1.82) is 5.26 Å². The third kappa shape index (κ3) is 3.02. The maximum atomic E-state index is 11.2. The van der Waals surface area contributed by atoms with E-state index >= 15 is 0 Å². The van der Waals surface area contributed by atoms with E-state index in [9.17, 15) is 10.4 Å². The van der Waals surface area contributed by atoms with Gasteiger partial charge in [0, 0.05) is 6.54 Å². The van der Waals surface area contributed by atoms with E-state index in [-0.39, 0.29) is 0 Å². The maximum Gasteiger partial charge on any atom is 0.0861 e. The molecule has 1 aliphatic carbocycles. The Morgan fingerprint density at radius 1 is 1.20 bits per heavy atom. The molecule has 0 radical (unpaired) electrons. The second kappa shape index (κ2) is 6.45. The Hall–Kier alpha value is -0.590. The van der Waals surface area contributed by atoms with Crippen molar-refractivity contribution in [2.45, 2.75) is 70.3 Å². The topological polar surface area (TPSA) is 47.3 Å². The minimum absolute atomic E-state index is 0.484. The Kier molecular flexibility index (Phi) is 5.09. The maximum absolute atomic E-state index is 11.2. The van der Waals surface area contributed by atoms with Crippen LogP contribution in [0.4, 0.5) is 0 Å². The highest BCUT2D eigenvalue weighted by Crippen LogP contribution is 2.50. The van der Waals surface area contributed by atoms with Crippen LogP contribution in [0.5, 0.6) is 0 Å². The molecule has 1 N–H and O–H groups in total. The molecule has 0 aromatic heterocycles. The summed E-state index contributed by atoms with van der Waals surface area (Å²) in [7, 11) is 2.11. The molecule has 1 saturated heterocycles. The normalized spacial score (nSPS) is 40.0. The van der Waals surface area contributed by atoms with E-state index in [1.54, 1.807) is 0 Å². The Labute approximate surface area is 124 Å². The molecule has 2 rings (SSSR count). The van der Waals surface area contributed by atoms with Gasteiger partial charge in [-0.1, -0.05) is 19.8 Å². The van der Waals surface area contributed by atoms with Gasteiger partial charge in [-0.3, -0.25) is 0 Å². The lowest BCUT2D eigenvalue weighted by atomic mass is 9.59. The van der Waals surface area contributed by atoms with Gasteiger partial charge in [0.2, 0.25) is 0 Å². The fourth-order valence-corrected chi connectivity index (χ4v) is 4.28. The Bertz CT molecular complexity index is 354.